The van der Waals surface area contributed by atoms with Crippen LogP contribution in [0.5, 0.6) is 11.5 Å². The molecule has 1 atom stereocenters. The Balaban J connectivity index is 1.27. The zero-order chi connectivity index (χ0) is 31.3. The van der Waals surface area contributed by atoms with Gasteiger partial charge in [0.2, 0.25) is 5.95 Å². The van der Waals surface area contributed by atoms with Gasteiger partial charge in [-0.25, -0.2) is 24.4 Å². The molecule has 0 bridgehead atoms. The first-order valence-electron chi connectivity index (χ1n) is 14.4. The number of ether oxygens (including phenoxy) is 3. The van der Waals surface area contributed by atoms with Gasteiger partial charge in [0, 0.05) is 30.5 Å². The predicted octanol–water partition coefficient (Wildman–Crippen LogP) is 5.73. The SMILES string of the molecule is COc1cc(CN(C(=O)OC(C)(C)C)C2CC2)ccc1Nc1ncc(-c2ccc(C#N)c(O[C@@H](C)Cn3cncn3)c2)cn1. The van der Waals surface area contributed by atoms with Crippen molar-refractivity contribution in [3.8, 4) is 28.7 Å². The van der Waals surface area contributed by atoms with Crippen LogP contribution < -0.4 is 14.8 Å². The Bertz CT molecular complexity index is 1620. The van der Waals surface area contributed by atoms with E-state index in [0.29, 0.717) is 41.8 Å². The standard InChI is InChI=1S/C32H36N8O4/c1-21(17-39-20-34-19-37-39)43-28-13-23(7-8-24(28)14-33)25-15-35-30(36-16-25)38-27-11-6-22(12-29(27)42-5)18-40(26-9-10-26)31(41)44-32(2,3)4/h6-8,11-13,15-16,19-21,26H,9-10,17-18H2,1-5H3,(H,35,36,38)/t21-/m0/s1. The third-order valence-electron chi connectivity index (χ3n) is 6.81. The van der Waals surface area contributed by atoms with Gasteiger partial charge in [0.25, 0.3) is 0 Å². The molecule has 1 amide bonds. The molecule has 0 unspecified atom stereocenters. The number of anilines is 2. The van der Waals surface area contributed by atoms with Crippen LogP contribution >= 0.6 is 0 Å². The summed E-state index contributed by atoms with van der Waals surface area (Å²) in [5.41, 5.74) is 3.06. The van der Waals surface area contributed by atoms with Crippen LogP contribution in [0.1, 0.15) is 51.7 Å². The summed E-state index contributed by atoms with van der Waals surface area (Å²) in [7, 11) is 1.60. The highest BCUT2D eigenvalue weighted by atomic mass is 16.6. The van der Waals surface area contributed by atoms with E-state index < -0.39 is 5.60 Å². The van der Waals surface area contributed by atoms with Gasteiger partial charge in [-0.1, -0.05) is 12.1 Å². The number of carbonyl (C=O) groups excluding carboxylic acids is 1. The quantitative estimate of drug-likeness (QED) is 0.228. The first kappa shape index (κ1) is 30.3. The maximum Gasteiger partial charge on any atom is 0.410 e. The molecule has 0 spiro atoms. The summed E-state index contributed by atoms with van der Waals surface area (Å²) in [6.07, 6.45) is 7.90. The van der Waals surface area contributed by atoms with Crippen molar-refractivity contribution in [3.63, 3.8) is 0 Å². The van der Waals surface area contributed by atoms with Crippen molar-refractivity contribution < 1.29 is 19.0 Å². The van der Waals surface area contributed by atoms with E-state index in [1.54, 1.807) is 41.5 Å². The van der Waals surface area contributed by atoms with E-state index in [1.807, 2.05) is 58.0 Å². The van der Waals surface area contributed by atoms with Crippen LogP contribution in [-0.2, 0) is 17.8 Å². The largest absolute Gasteiger partial charge is 0.495 e. The van der Waals surface area contributed by atoms with Gasteiger partial charge in [-0.15, -0.1) is 0 Å². The predicted molar refractivity (Wildman–Crippen MR) is 163 cm³/mol. The van der Waals surface area contributed by atoms with Crippen LogP contribution in [0.15, 0.2) is 61.4 Å². The van der Waals surface area contributed by atoms with E-state index in [4.69, 9.17) is 14.2 Å². The van der Waals surface area contributed by atoms with Crippen molar-refractivity contribution in [1.29, 1.82) is 5.26 Å². The number of amides is 1. The Morgan fingerprint density at radius 1 is 1.14 bits per heavy atom. The van der Waals surface area contributed by atoms with Gasteiger partial charge in [-0.3, -0.25) is 0 Å². The highest BCUT2D eigenvalue weighted by Gasteiger charge is 2.35. The second kappa shape index (κ2) is 13.0. The molecule has 44 heavy (non-hydrogen) atoms. The van der Waals surface area contributed by atoms with Crippen LogP contribution in [0.4, 0.5) is 16.4 Å². The topological polar surface area (TPSA) is 140 Å². The molecular formula is C32H36N8O4. The number of methoxy groups -OCH3 is 1. The summed E-state index contributed by atoms with van der Waals surface area (Å²) in [5.74, 6) is 1.46. The molecule has 12 heteroatoms. The third kappa shape index (κ3) is 7.80. The second-order valence-electron chi connectivity index (χ2n) is 11.7. The molecule has 5 rings (SSSR count). The Labute approximate surface area is 256 Å². The van der Waals surface area contributed by atoms with Crippen molar-refractivity contribution in [2.24, 2.45) is 0 Å². The van der Waals surface area contributed by atoms with Gasteiger partial charge in [0.05, 0.1) is 24.9 Å². The van der Waals surface area contributed by atoms with Crippen LogP contribution in [0.25, 0.3) is 11.1 Å². The van der Waals surface area contributed by atoms with Gasteiger partial charge < -0.3 is 24.4 Å². The van der Waals surface area contributed by atoms with Crippen LogP contribution in [-0.4, -0.2) is 60.6 Å². The molecule has 2 aromatic heterocycles. The molecule has 1 saturated carbocycles. The molecule has 228 valence electrons. The summed E-state index contributed by atoms with van der Waals surface area (Å²) in [6, 6.07) is 13.5. The van der Waals surface area contributed by atoms with Crippen molar-refractivity contribution in [2.75, 3.05) is 12.4 Å². The van der Waals surface area contributed by atoms with E-state index in [-0.39, 0.29) is 18.2 Å². The van der Waals surface area contributed by atoms with Crippen LogP contribution in [0.2, 0.25) is 0 Å². The maximum atomic E-state index is 12.8. The average molecular weight is 597 g/mol. The Morgan fingerprint density at radius 2 is 1.91 bits per heavy atom. The van der Waals surface area contributed by atoms with Gasteiger partial charge in [0.15, 0.2) is 0 Å². The molecule has 1 N–H and O–H groups in total. The van der Waals surface area contributed by atoms with Crippen molar-refractivity contribution >= 4 is 17.7 Å². The minimum atomic E-state index is -0.556. The molecular weight excluding hydrogens is 560 g/mol. The summed E-state index contributed by atoms with van der Waals surface area (Å²) >= 11 is 0. The fourth-order valence-corrected chi connectivity index (χ4v) is 4.58. The summed E-state index contributed by atoms with van der Waals surface area (Å²) in [5, 5.41) is 16.9. The lowest BCUT2D eigenvalue weighted by atomic mass is 10.1. The molecule has 12 nitrogen and oxygen atoms in total. The molecule has 0 aliphatic heterocycles. The second-order valence-corrected chi connectivity index (χ2v) is 11.7. The summed E-state index contributed by atoms with van der Waals surface area (Å²) in [4.78, 5) is 27.5. The van der Waals surface area contributed by atoms with E-state index in [9.17, 15) is 10.1 Å². The van der Waals surface area contributed by atoms with E-state index >= 15 is 0 Å². The van der Waals surface area contributed by atoms with Gasteiger partial charge in [-0.05, 0) is 75.9 Å². The van der Waals surface area contributed by atoms with Gasteiger partial charge in [0.1, 0.15) is 41.9 Å². The van der Waals surface area contributed by atoms with Crippen molar-refractivity contribution in [2.45, 2.75) is 71.4 Å². The number of benzene rings is 2. The Morgan fingerprint density at radius 3 is 2.55 bits per heavy atom. The third-order valence-corrected chi connectivity index (χ3v) is 6.81. The summed E-state index contributed by atoms with van der Waals surface area (Å²) in [6.45, 7) is 8.43. The van der Waals surface area contributed by atoms with E-state index in [1.165, 1.54) is 6.33 Å². The number of rotatable bonds is 11. The van der Waals surface area contributed by atoms with Gasteiger partial charge in [-0.2, -0.15) is 10.4 Å². The van der Waals surface area contributed by atoms with E-state index in [0.717, 1.165) is 29.5 Å². The molecule has 2 heterocycles. The minimum absolute atomic E-state index is 0.197. The van der Waals surface area contributed by atoms with Crippen molar-refractivity contribution in [1.82, 2.24) is 29.6 Å². The fraction of sp³-hybridized carbons (Fsp3) is 0.375. The fourth-order valence-electron chi connectivity index (χ4n) is 4.58. The lowest BCUT2D eigenvalue weighted by Crippen LogP contribution is -2.37. The number of hydrogen-bond donors (Lipinski definition) is 1. The number of carbonyl (C=O) groups is 1. The van der Waals surface area contributed by atoms with Gasteiger partial charge >= 0.3 is 6.09 Å². The molecule has 2 aromatic carbocycles. The lowest BCUT2D eigenvalue weighted by molar-refractivity contribution is 0.0216. The average Bonchev–Trinajstić information content (AvgIpc) is 3.71. The minimum Gasteiger partial charge on any atom is -0.495 e. The number of nitriles is 1. The number of nitrogens with one attached hydrogen (secondary N) is 1. The molecule has 1 aliphatic rings. The monoisotopic (exact) mass is 596 g/mol. The highest BCUT2D eigenvalue weighted by molar-refractivity contribution is 5.70. The Kier molecular flexibility index (Phi) is 8.94. The zero-order valence-electron chi connectivity index (χ0n) is 25.5. The molecule has 1 aliphatic carbocycles. The smallest absolute Gasteiger partial charge is 0.410 e. The summed E-state index contributed by atoms with van der Waals surface area (Å²) < 4.78 is 19.0. The zero-order valence-corrected chi connectivity index (χ0v) is 25.5. The number of hydrogen-bond acceptors (Lipinski definition) is 10. The van der Waals surface area contributed by atoms with Crippen LogP contribution in [0.3, 0.4) is 0 Å². The molecule has 0 radical (unpaired) electrons. The van der Waals surface area contributed by atoms with E-state index in [2.05, 4.69) is 31.4 Å². The maximum absolute atomic E-state index is 12.8. The van der Waals surface area contributed by atoms with Crippen LogP contribution in [0, 0.1) is 11.3 Å². The number of nitrogens with zero attached hydrogens (tertiary/aromatic N) is 7. The first-order valence-corrected chi connectivity index (χ1v) is 14.4. The first-order chi connectivity index (χ1) is 21.1. The lowest BCUT2D eigenvalue weighted by Gasteiger charge is -2.27. The van der Waals surface area contributed by atoms with Crippen molar-refractivity contribution in [3.05, 3.63) is 72.6 Å². The number of aromatic nitrogens is 5. The normalized spacial score (nSPS) is 13.5. The highest BCUT2D eigenvalue weighted by Crippen LogP contribution is 2.33. The molecule has 4 aromatic rings. The molecule has 1 fully saturated rings. The Hall–Kier alpha value is -5.18. The molecule has 0 saturated heterocycles.